The van der Waals surface area contributed by atoms with Gasteiger partial charge >= 0.3 is 0 Å². The third kappa shape index (κ3) is 1.31. The maximum Gasteiger partial charge on any atom is 0.225 e. The van der Waals surface area contributed by atoms with Gasteiger partial charge in [-0.1, -0.05) is 12.1 Å². The normalized spacial score (nSPS) is 16.8. The van der Waals surface area contributed by atoms with E-state index in [9.17, 15) is 0 Å². The van der Waals surface area contributed by atoms with Gasteiger partial charge in [-0.2, -0.15) is 0 Å². The largest absolute Gasteiger partial charge is 0.367 e. The van der Waals surface area contributed by atoms with E-state index < -0.39 is 0 Å². The van der Waals surface area contributed by atoms with Crippen LogP contribution < -0.4 is 5.73 Å². The molecule has 12 heavy (non-hydrogen) atoms. The van der Waals surface area contributed by atoms with Gasteiger partial charge in [-0.25, -0.2) is 0 Å². The van der Waals surface area contributed by atoms with Crippen LogP contribution in [0, 0.1) is 5.92 Å². The van der Waals surface area contributed by atoms with Gasteiger partial charge in [-0.05, 0) is 31.6 Å². The molecular weight excluding hydrogens is 152 g/mol. The molecule has 0 saturated heterocycles. The van der Waals surface area contributed by atoms with Gasteiger partial charge in [0.25, 0.3) is 0 Å². The van der Waals surface area contributed by atoms with E-state index in [1.165, 1.54) is 12.8 Å². The topological polar surface area (TPSA) is 52.0 Å². The lowest BCUT2D eigenvalue weighted by Crippen LogP contribution is -1.94. The summed E-state index contributed by atoms with van der Waals surface area (Å²) in [5.41, 5.74) is 7.81. The molecule has 1 saturated carbocycles. The fourth-order valence-corrected chi connectivity index (χ4v) is 1.49. The second-order valence-corrected chi connectivity index (χ2v) is 3.47. The first-order chi connectivity index (χ1) is 5.81. The standard InChI is InChI=1S/C9H14N2O/c1-2-7-8(5-6-3-4-6)11-12-9(7)10/h6H,2-5,10H2,1H3. The molecule has 0 aliphatic heterocycles. The summed E-state index contributed by atoms with van der Waals surface area (Å²) in [5, 5.41) is 3.97. The Labute approximate surface area is 71.9 Å². The summed E-state index contributed by atoms with van der Waals surface area (Å²) < 4.78 is 4.94. The molecule has 0 amide bonds. The van der Waals surface area contributed by atoms with E-state index in [-0.39, 0.29) is 0 Å². The Bertz CT molecular complexity index is 276. The molecule has 2 N–H and O–H groups in total. The van der Waals surface area contributed by atoms with Crippen LogP contribution in [-0.2, 0) is 12.8 Å². The van der Waals surface area contributed by atoms with Crippen LogP contribution in [-0.4, -0.2) is 5.16 Å². The van der Waals surface area contributed by atoms with Crippen molar-refractivity contribution in [3.63, 3.8) is 0 Å². The molecule has 2 rings (SSSR count). The predicted octanol–water partition coefficient (Wildman–Crippen LogP) is 1.77. The molecule has 1 heterocycles. The number of hydrogen-bond acceptors (Lipinski definition) is 3. The lowest BCUT2D eigenvalue weighted by atomic mass is 10.1. The highest BCUT2D eigenvalue weighted by Crippen LogP contribution is 2.34. The molecule has 0 bridgehead atoms. The summed E-state index contributed by atoms with van der Waals surface area (Å²) in [7, 11) is 0. The minimum Gasteiger partial charge on any atom is -0.367 e. The van der Waals surface area contributed by atoms with Crippen molar-refractivity contribution >= 4 is 5.88 Å². The first kappa shape index (κ1) is 7.65. The van der Waals surface area contributed by atoms with Crippen LogP contribution >= 0.6 is 0 Å². The summed E-state index contributed by atoms with van der Waals surface area (Å²) >= 11 is 0. The Hall–Kier alpha value is -0.990. The van der Waals surface area contributed by atoms with Crippen LogP contribution in [0.1, 0.15) is 31.0 Å². The fourth-order valence-electron chi connectivity index (χ4n) is 1.49. The zero-order chi connectivity index (χ0) is 8.55. The number of rotatable bonds is 3. The SMILES string of the molecule is CCc1c(CC2CC2)noc1N. The third-order valence-corrected chi connectivity index (χ3v) is 2.43. The maximum atomic E-state index is 5.62. The summed E-state index contributed by atoms with van der Waals surface area (Å²) in [6.45, 7) is 2.08. The first-order valence-electron chi connectivity index (χ1n) is 4.54. The van der Waals surface area contributed by atoms with Crippen molar-refractivity contribution in [2.75, 3.05) is 5.73 Å². The van der Waals surface area contributed by atoms with E-state index in [1.54, 1.807) is 0 Å². The second kappa shape index (κ2) is 2.81. The van der Waals surface area contributed by atoms with Crippen LogP contribution in [0.15, 0.2) is 4.52 Å². The molecule has 1 fully saturated rings. The molecule has 3 nitrogen and oxygen atoms in total. The third-order valence-electron chi connectivity index (χ3n) is 2.43. The molecule has 1 aromatic heterocycles. The van der Waals surface area contributed by atoms with E-state index in [2.05, 4.69) is 12.1 Å². The molecule has 1 aliphatic carbocycles. The molecular formula is C9H14N2O. The Morgan fingerprint density at radius 1 is 1.58 bits per heavy atom. The molecule has 0 unspecified atom stereocenters. The lowest BCUT2D eigenvalue weighted by Gasteiger charge is -1.95. The zero-order valence-corrected chi connectivity index (χ0v) is 7.34. The van der Waals surface area contributed by atoms with Crippen molar-refractivity contribution in [3.05, 3.63) is 11.3 Å². The smallest absolute Gasteiger partial charge is 0.225 e. The molecule has 0 radical (unpaired) electrons. The molecule has 0 aromatic carbocycles. The molecule has 1 aromatic rings. The molecule has 3 heteroatoms. The van der Waals surface area contributed by atoms with Crippen LogP contribution in [0.2, 0.25) is 0 Å². The molecule has 1 aliphatic rings. The van der Waals surface area contributed by atoms with Crippen LogP contribution in [0.3, 0.4) is 0 Å². The van der Waals surface area contributed by atoms with E-state index >= 15 is 0 Å². The quantitative estimate of drug-likeness (QED) is 0.744. The Kier molecular flexibility index (Phi) is 1.79. The summed E-state index contributed by atoms with van der Waals surface area (Å²) in [4.78, 5) is 0. The average Bonchev–Trinajstić information content (AvgIpc) is 2.78. The average molecular weight is 166 g/mol. The number of anilines is 1. The maximum absolute atomic E-state index is 5.62. The van der Waals surface area contributed by atoms with E-state index in [0.29, 0.717) is 5.88 Å². The van der Waals surface area contributed by atoms with Crippen molar-refractivity contribution in [1.82, 2.24) is 5.16 Å². The van der Waals surface area contributed by atoms with Gasteiger partial charge in [-0.3, -0.25) is 0 Å². The van der Waals surface area contributed by atoms with Gasteiger partial charge in [-0.15, -0.1) is 0 Å². The summed E-state index contributed by atoms with van der Waals surface area (Å²) in [6, 6.07) is 0. The lowest BCUT2D eigenvalue weighted by molar-refractivity contribution is 0.425. The summed E-state index contributed by atoms with van der Waals surface area (Å²) in [6.07, 6.45) is 4.67. The van der Waals surface area contributed by atoms with Crippen molar-refractivity contribution in [1.29, 1.82) is 0 Å². The number of nitrogens with zero attached hydrogens (tertiary/aromatic N) is 1. The fraction of sp³-hybridized carbons (Fsp3) is 0.667. The van der Waals surface area contributed by atoms with Crippen LogP contribution in [0.5, 0.6) is 0 Å². The van der Waals surface area contributed by atoms with Crippen molar-refractivity contribution < 1.29 is 4.52 Å². The molecule has 0 spiro atoms. The van der Waals surface area contributed by atoms with Gasteiger partial charge in [0.1, 0.15) is 0 Å². The minimum atomic E-state index is 0.508. The predicted molar refractivity (Wildman–Crippen MR) is 46.7 cm³/mol. The summed E-state index contributed by atoms with van der Waals surface area (Å²) in [5.74, 6) is 1.35. The number of nitrogens with two attached hydrogens (primary N) is 1. The van der Waals surface area contributed by atoms with Gasteiger partial charge < -0.3 is 10.3 Å². The Morgan fingerprint density at radius 3 is 2.92 bits per heavy atom. The van der Waals surface area contributed by atoms with Gasteiger partial charge in [0.15, 0.2) is 0 Å². The van der Waals surface area contributed by atoms with E-state index in [1.807, 2.05) is 0 Å². The highest BCUT2D eigenvalue weighted by molar-refractivity contribution is 5.39. The number of hydrogen-bond donors (Lipinski definition) is 1. The second-order valence-electron chi connectivity index (χ2n) is 3.47. The Morgan fingerprint density at radius 2 is 2.33 bits per heavy atom. The first-order valence-corrected chi connectivity index (χ1v) is 4.54. The minimum absolute atomic E-state index is 0.508. The molecule has 66 valence electrons. The van der Waals surface area contributed by atoms with Gasteiger partial charge in [0.2, 0.25) is 5.88 Å². The van der Waals surface area contributed by atoms with Gasteiger partial charge in [0, 0.05) is 5.56 Å². The number of nitrogen functional groups attached to an aromatic ring is 1. The zero-order valence-electron chi connectivity index (χ0n) is 7.34. The van der Waals surface area contributed by atoms with Gasteiger partial charge in [0.05, 0.1) is 5.69 Å². The van der Waals surface area contributed by atoms with Crippen molar-refractivity contribution in [2.45, 2.75) is 32.6 Å². The van der Waals surface area contributed by atoms with Crippen LogP contribution in [0.4, 0.5) is 5.88 Å². The number of aromatic nitrogens is 1. The van der Waals surface area contributed by atoms with Crippen LogP contribution in [0.25, 0.3) is 0 Å². The van der Waals surface area contributed by atoms with Crippen molar-refractivity contribution in [2.24, 2.45) is 5.92 Å². The van der Waals surface area contributed by atoms with E-state index in [4.69, 9.17) is 10.3 Å². The highest BCUT2D eigenvalue weighted by Gasteiger charge is 2.25. The Balaban J connectivity index is 2.16. The molecule has 0 atom stereocenters. The monoisotopic (exact) mass is 166 g/mol. The van der Waals surface area contributed by atoms with E-state index in [0.717, 1.165) is 30.0 Å². The van der Waals surface area contributed by atoms with Crippen molar-refractivity contribution in [3.8, 4) is 0 Å². The highest BCUT2D eigenvalue weighted by atomic mass is 16.5.